The van der Waals surface area contributed by atoms with Crippen LogP contribution >= 0.6 is 0 Å². The Labute approximate surface area is 135 Å². The quantitative estimate of drug-likeness (QED) is 0.942. The summed E-state index contributed by atoms with van der Waals surface area (Å²) in [5.74, 6) is 1.84. The molecule has 0 fully saturated rings. The summed E-state index contributed by atoms with van der Waals surface area (Å²) in [5, 5.41) is 2.80. The van der Waals surface area contributed by atoms with E-state index in [1.807, 2.05) is 32.0 Å². The summed E-state index contributed by atoms with van der Waals surface area (Å²) in [6.45, 7) is 5.00. The van der Waals surface area contributed by atoms with Crippen molar-refractivity contribution in [2.24, 2.45) is 0 Å². The number of hydrogen-bond donors (Lipinski definition) is 1. The third-order valence-corrected chi connectivity index (χ3v) is 3.74. The Morgan fingerprint density at radius 1 is 1.13 bits per heavy atom. The first-order valence-electron chi connectivity index (χ1n) is 7.52. The lowest BCUT2D eigenvalue weighted by molar-refractivity contribution is -0.118. The Morgan fingerprint density at radius 2 is 1.91 bits per heavy atom. The van der Waals surface area contributed by atoms with Gasteiger partial charge in [0, 0.05) is 11.8 Å². The first kappa shape index (κ1) is 15.2. The van der Waals surface area contributed by atoms with Gasteiger partial charge in [0.05, 0.1) is 0 Å². The smallest absolute Gasteiger partial charge is 0.262 e. The van der Waals surface area contributed by atoms with E-state index in [0.717, 1.165) is 16.9 Å². The highest BCUT2D eigenvalue weighted by molar-refractivity contribution is 5.92. The lowest BCUT2D eigenvalue weighted by Crippen LogP contribution is -2.21. The fourth-order valence-electron chi connectivity index (χ4n) is 2.34. The summed E-state index contributed by atoms with van der Waals surface area (Å²) < 4.78 is 16.5. The number of benzene rings is 2. The zero-order chi connectivity index (χ0) is 16.2. The maximum absolute atomic E-state index is 12.0. The number of nitrogens with one attached hydrogen (secondary N) is 1. The highest BCUT2D eigenvalue weighted by atomic mass is 16.6. The molecule has 120 valence electrons. The van der Waals surface area contributed by atoms with Gasteiger partial charge >= 0.3 is 0 Å². The molecule has 0 bridgehead atoms. The third kappa shape index (κ3) is 3.56. The Balaban J connectivity index is 1.60. The molecule has 0 aromatic heterocycles. The van der Waals surface area contributed by atoms with E-state index in [-0.39, 0.29) is 12.5 Å². The molecule has 0 aliphatic carbocycles. The molecule has 0 unspecified atom stereocenters. The largest absolute Gasteiger partial charge is 0.486 e. The Bertz CT molecular complexity index is 727. The van der Waals surface area contributed by atoms with Crippen LogP contribution in [0, 0.1) is 13.8 Å². The molecule has 1 N–H and O–H groups in total. The molecular formula is C18H19NO4. The van der Waals surface area contributed by atoms with Crippen molar-refractivity contribution >= 4 is 11.6 Å². The number of aryl methyl sites for hydroxylation is 1. The average molecular weight is 313 g/mol. The van der Waals surface area contributed by atoms with Crippen LogP contribution in [0.3, 0.4) is 0 Å². The van der Waals surface area contributed by atoms with E-state index in [2.05, 4.69) is 5.32 Å². The van der Waals surface area contributed by atoms with Crippen LogP contribution in [0.2, 0.25) is 0 Å². The van der Waals surface area contributed by atoms with E-state index >= 15 is 0 Å². The van der Waals surface area contributed by atoms with E-state index in [1.54, 1.807) is 18.2 Å². The first-order chi connectivity index (χ1) is 11.1. The van der Waals surface area contributed by atoms with Gasteiger partial charge < -0.3 is 19.5 Å². The Hall–Kier alpha value is -2.69. The molecule has 0 atom stereocenters. The number of hydrogen-bond acceptors (Lipinski definition) is 4. The van der Waals surface area contributed by atoms with Crippen LogP contribution in [0.5, 0.6) is 17.2 Å². The van der Waals surface area contributed by atoms with E-state index in [0.29, 0.717) is 30.4 Å². The van der Waals surface area contributed by atoms with Gasteiger partial charge in [-0.05, 0) is 43.2 Å². The molecule has 1 aliphatic heterocycles. The second-order valence-electron chi connectivity index (χ2n) is 5.39. The van der Waals surface area contributed by atoms with Crippen LogP contribution < -0.4 is 19.5 Å². The third-order valence-electron chi connectivity index (χ3n) is 3.74. The van der Waals surface area contributed by atoms with Gasteiger partial charge in [-0.3, -0.25) is 4.79 Å². The van der Waals surface area contributed by atoms with Gasteiger partial charge in [0.25, 0.3) is 5.91 Å². The molecule has 23 heavy (non-hydrogen) atoms. The molecule has 5 heteroatoms. The SMILES string of the molecule is Cc1cccc(OCC(=O)Nc2ccc3c(c2)OCCO3)c1C. The summed E-state index contributed by atoms with van der Waals surface area (Å²) in [6, 6.07) is 11.1. The molecule has 0 radical (unpaired) electrons. The zero-order valence-corrected chi connectivity index (χ0v) is 13.2. The number of carbonyl (C=O) groups is 1. The van der Waals surface area contributed by atoms with Crippen molar-refractivity contribution in [1.82, 2.24) is 0 Å². The fraction of sp³-hybridized carbons (Fsp3) is 0.278. The molecule has 5 nitrogen and oxygen atoms in total. The number of amides is 1. The van der Waals surface area contributed by atoms with Crippen molar-refractivity contribution < 1.29 is 19.0 Å². The van der Waals surface area contributed by atoms with Crippen molar-refractivity contribution in [3.8, 4) is 17.2 Å². The number of carbonyl (C=O) groups excluding carboxylic acids is 1. The van der Waals surface area contributed by atoms with Gasteiger partial charge in [-0.15, -0.1) is 0 Å². The van der Waals surface area contributed by atoms with Gasteiger partial charge in [-0.2, -0.15) is 0 Å². The van der Waals surface area contributed by atoms with Crippen LogP contribution in [0.25, 0.3) is 0 Å². The standard InChI is InChI=1S/C18H19NO4/c1-12-4-3-5-15(13(12)2)23-11-18(20)19-14-6-7-16-17(10-14)22-9-8-21-16/h3-7,10H,8-9,11H2,1-2H3,(H,19,20). The van der Waals surface area contributed by atoms with E-state index in [4.69, 9.17) is 14.2 Å². The van der Waals surface area contributed by atoms with Gasteiger partial charge in [-0.25, -0.2) is 0 Å². The molecule has 0 spiro atoms. The van der Waals surface area contributed by atoms with Crippen LogP contribution in [-0.4, -0.2) is 25.7 Å². The highest BCUT2D eigenvalue weighted by Gasteiger charge is 2.13. The van der Waals surface area contributed by atoms with Crippen molar-refractivity contribution in [3.63, 3.8) is 0 Å². The minimum atomic E-state index is -0.220. The first-order valence-corrected chi connectivity index (χ1v) is 7.52. The summed E-state index contributed by atoms with van der Waals surface area (Å²) in [5.41, 5.74) is 2.83. The minimum absolute atomic E-state index is 0.0429. The van der Waals surface area contributed by atoms with Gasteiger partial charge in [0.1, 0.15) is 19.0 Å². The maximum atomic E-state index is 12.0. The molecule has 0 saturated heterocycles. The van der Waals surface area contributed by atoms with Crippen molar-refractivity contribution in [3.05, 3.63) is 47.5 Å². The maximum Gasteiger partial charge on any atom is 0.262 e. The average Bonchev–Trinajstić information content (AvgIpc) is 2.56. The Morgan fingerprint density at radius 3 is 2.74 bits per heavy atom. The van der Waals surface area contributed by atoms with Crippen LogP contribution in [0.1, 0.15) is 11.1 Å². The molecule has 1 amide bonds. The lowest BCUT2D eigenvalue weighted by Gasteiger charge is -2.19. The zero-order valence-electron chi connectivity index (χ0n) is 13.2. The van der Waals surface area contributed by atoms with Crippen LogP contribution in [0.15, 0.2) is 36.4 Å². The van der Waals surface area contributed by atoms with Crippen molar-refractivity contribution in [2.45, 2.75) is 13.8 Å². The molecular weight excluding hydrogens is 294 g/mol. The molecule has 2 aromatic carbocycles. The molecule has 2 aromatic rings. The lowest BCUT2D eigenvalue weighted by atomic mass is 10.1. The van der Waals surface area contributed by atoms with Gasteiger partial charge in [-0.1, -0.05) is 12.1 Å². The van der Waals surface area contributed by atoms with Gasteiger partial charge in [0.15, 0.2) is 18.1 Å². The Kier molecular flexibility index (Phi) is 4.37. The minimum Gasteiger partial charge on any atom is -0.486 e. The summed E-state index contributed by atoms with van der Waals surface area (Å²) in [6.07, 6.45) is 0. The molecule has 3 rings (SSSR count). The second-order valence-corrected chi connectivity index (χ2v) is 5.39. The topological polar surface area (TPSA) is 56.8 Å². The van der Waals surface area contributed by atoms with Crippen molar-refractivity contribution in [2.75, 3.05) is 25.1 Å². The summed E-state index contributed by atoms with van der Waals surface area (Å²) in [4.78, 5) is 12.0. The predicted octanol–water partition coefficient (Wildman–Crippen LogP) is 3.09. The van der Waals surface area contributed by atoms with Crippen LogP contribution in [-0.2, 0) is 4.79 Å². The van der Waals surface area contributed by atoms with E-state index < -0.39 is 0 Å². The van der Waals surface area contributed by atoms with E-state index in [9.17, 15) is 4.79 Å². The molecule has 0 saturated carbocycles. The number of fused-ring (bicyclic) bond motifs is 1. The monoisotopic (exact) mass is 313 g/mol. The second kappa shape index (κ2) is 6.60. The summed E-state index contributed by atoms with van der Waals surface area (Å²) >= 11 is 0. The number of anilines is 1. The van der Waals surface area contributed by atoms with E-state index in [1.165, 1.54) is 0 Å². The normalized spacial score (nSPS) is 12.6. The summed E-state index contributed by atoms with van der Waals surface area (Å²) in [7, 11) is 0. The number of rotatable bonds is 4. The van der Waals surface area contributed by atoms with Crippen LogP contribution in [0.4, 0.5) is 5.69 Å². The predicted molar refractivity (Wildman–Crippen MR) is 87.5 cm³/mol. The highest BCUT2D eigenvalue weighted by Crippen LogP contribution is 2.32. The molecule has 1 heterocycles. The fourth-order valence-corrected chi connectivity index (χ4v) is 2.34. The number of ether oxygens (including phenoxy) is 3. The molecule has 1 aliphatic rings. The van der Waals surface area contributed by atoms with Crippen molar-refractivity contribution in [1.29, 1.82) is 0 Å². The van der Waals surface area contributed by atoms with Gasteiger partial charge in [0.2, 0.25) is 0 Å².